The van der Waals surface area contributed by atoms with E-state index in [2.05, 4.69) is 27.0 Å². The van der Waals surface area contributed by atoms with E-state index in [0.29, 0.717) is 0 Å². The average Bonchev–Trinajstić information content (AvgIpc) is 1.94. The van der Waals surface area contributed by atoms with Crippen LogP contribution < -0.4 is 0 Å². The van der Waals surface area contributed by atoms with Gasteiger partial charge in [0.05, 0.1) is 6.04 Å². The van der Waals surface area contributed by atoms with Gasteiger partial charge >= 0.3 is 0 Å². The number of allylic oxidation sites excluding steroid dienone is 1. The fourth-order valence-electron chi connectivity index (χ4n) is 1.01. The highest BCUT2D eigenvalue weighted by atomic mass is 79.9. The van der Waals surface area contributed by atoms with Gasteiger partial charge in [-0.05, 0) is 19.3 Å². The number of aliphatic imine (C=N–C) groups is 1. The Kier molecular flexibility index (Phi) is 2.84. The minimum absolute atomic E-state index is 0.0475. The summed E-state index contributed by atoms with van der Waals surface area (Å²) in [5, 5.41) is 0. The number of isocyanates is 1. The summed E-state index contributed by atoms with van der Waals surface area (Å²) in [7, 11) is 0. The van der Waals surface area contributed by atoms with Gasteiger partial charge < -0.3 is 0 Å². The van der Waals surface area contributed by atoms with Gasteiger partial charge in [0.25, 0.3) is 0 Å². The highest BCUT2D eigenvalue weighted by Crippen LogP contribution is 2.24. The van der Waals surface area contributed by atoms with Gasteiger partial charge in [0.1, 0.15) is 0 Å². The van der Waals surface area contributed by atoms with E-state index in [9.17, 15) is 4.79 Å². The highest BCUT2D eigenvalue weighted by Gasteiger charge is 2.13. The van der Waals surface area contributed by atoms with E-state index >= 15 is 0 Å². The lowest BCUT2D eigenvalue weighted by Gasteiger charge is -2.13. The van der Waals surface area contributed by atoms with Crippen molar-refractivity contribution in [3.8, 4) is 0 Å². The van der Waals surface area contributed by atoms with Crippen LogP contribution in [0.25, 0.3) is 0 Å². The molecule has 0 spiro atoms. The Hall–Kier alpha value is -0.400. The first kappa shape index (κ1) is 7.70. The molecule has 1 atom stereocenters. The molecule has 0 radical (unpaired) electrons. The van der Waals surface area contributed by atoms with Crippen LogP contribution in [0.5, 0.6) is 0 Å². The molecule has 0 aromatic rings. The quantitative estimate of drug-likeness (QED) is 0.473. The highest BCUT2D eigenvalue weighted by molar-refractivity contribution is 9.11. The van der Waals surface area contributed by atoms with Gasteiger partial charge in [-0.3, -0.25) is 0 Å². The van der Waals surface area contributed by atoms with Gasteiger partial charge in [0.15, 0.2) is 0 Å². The van der Waals surface area contributed by atoms with Gasteiger partial charge in [-0.2, -0.15) is 4.99 Å². The van der Waals surface area contributed by atoms with Crippen LogP contribution >= 0.6 is 15.9 Å². The summed E-state index contributed by atoms with van der Waals surface area (Å²) < 4.78 is 1.03. The molecule has 0 saturated carbocycles. The smallest absolute Gasteiger partial charge is 0.211 e. The lowest BCUT2D eigenvalue weighted by atomic mass is 10.0. The third-order valence-corrected chi connectivity index (χ3v) is 2.40. The normalized spacial score (nSPS) is 24.9. The molecule has 0 amide bonds. The summed E-state index contributed by atoms with van der Waals surface area (Å²) in [6.07, 6.45) is 6.81. The molecule has 0 aliphatic heterocycles. The SMILES string of the molecule is O=C=NC1CCCC=C1Br. The van der Waals surface area contributed by atoms with Crippen molar-refractivity contribution in [1.29, 1.82) is 0 Å². The van der Waals surface area contributed by atoms with Crippen LogP contribution in [0, 0.1) is 0 Å². The topological polar surface area (TPSA) is 29.4 Å². The van der Waals surface area contributed by atoms with Crippen molar-refractivity contribution < 1.29 is 4.79 Å². The molecule has 0 N–H and O–H groups in total. The second kappa shape index (κ2) is 3.69. The molecule has 1 aliphatic carbocycles. The minimum atomic E-state index is 0.0475. The van der Waals surface area contributed by atoms with Crippen LogP contribution in [0.3, 0.4) is 0 Å². The van der Waals surface area contributed by atoms with E-state index in [0.717, 1.165) is 23.7 Å². The maximum atomic E-state index is 9.88. The van der Waals surface area contributed by atoms with Crippen molar-refractivity contribution in [2.75, 3.05) is 0 Å². The Bertz CT molecular complexity index is 194. The molecule has 0 aromatic carbocycles. The van der Waals surface area contributed by atoms with Gasteiger partial charge in [0.2, 0.25) is 6.08 Å². The summed E-state index contributed by atoms with van der Waals surface area (Å²) in [4.78, 5) is 13.5. The van der Waals surface area contributed by atoms with Crippen LogP contribution in [-0.2, 0) is 4.79 Å². The van der Waals surface area contributed by atoms with Crippen molar-refractivity contribution >= 4 is 22.0 Å². The number of rotatable bonds is 1. The van der Waals surface area contributed by atoms with Crippen molar-refractivity contribution in [3.63, 3.8) is 0 Å². The standard InChI is InChI=1S/C7H8BrNO/c8-6-3-1-2-4-7(6)9-5-10/h3,7H,1-2,4H2. The molecule has 54 valence electrons. The first-order chi connectivity index (χ1) is 4.84. The van der Waals surface area contributed by atoms with Crippen LogP contribution in [0.4, 0.5) is 0 Å². The van der Waals surface area contributed by atoms with E-state index < -0.39 is 0 Å². The molecular formula is C7H8BrNO. The van der Waals surface area contributed by atoms with E-state index in [1.54, 1.807) is 6.08 Å². The molecule has 10 heavy (non-hydrogen) atoms. The third-order valence-electron chi connectivity index (χ3n) is 1.55. The summed E-state index contributed by atoms with van der Waals surface area (Å²) >= 11 is 3.34. The first-order valence-corrected chi connectivity index (χ1v) is 4.06. The minimum Gasteiger partial charge on any atom is -0.211 e. The van der Waals surface area contributed by atoms with E-state index in [1.165, 1.54) is 0 Å². The largest absolute Gasteiger partial charge is 0.235 e. The Labute approximate surface area is 68.2 Å². The van der Waals surface area contributed by atoms with Crippen molar-refractivity contribution in [2.45, 2.75) is 25.3 Å². The maximum absolute atomic E-state index is 9.88. The zero-order valence-electron chi connectivity index (χ0n) is 5.51. The fraction of sp³-hybridized carbons (Fsp3) is 0.571. The van der Waals surface area contributed by atoms with E-state index in [4.69, 9.17) is 0 Å². The summed E-state index contributed by atoms with van der Waals surface area (Å²) in [5.41, 5.74) is 0. The molecule has 0 bridgehead atoms. The number of nitrogens with zero attached hydrogens (tertiary/aromatic N) is 1. The van der Waals surface area contributed by atoms with Gasteiger partial charge in [-0.1, -0.05) is 22.0 Å². The molecule has 0 heterocycles. The Morgan fingerprint density at radius 1 is 1.80 bits per heavy atom. The average molecular weight is 202 g/mol. The molecule has 2 nitrogen and oxygen atoms in total. The molecule has 0 saturated heterocycles. The number of hydrogen-bond acceptors (Lipinski definition) is 2. The Morgan fingerprint density at radius 2 is 2.60 bits per heavy atom. The van der Waals surface area contributed by atoms with E-state index in [1.807, 2.05) is 0 Å². The molecule has 1 unspecified atom stereocenters. The zero-order valence-corrected chi connectivity index (χ0v) is 7.10. The van der Waals surface area contributed by atoms with Crippen molar-refractivity contribution in [1.82, 2.24) is 0 Å². The molecule has 0 aromatic heterocycles. The molecule has 1 aliphatic rings. The monoisotopic (exact) mass is 201 g/mol. The lowest BCUT2D eigenvalue weighted by Crippen LogP contribution is -2.07. The Morgan fingerprint density at radius 3 is 3.20 bits per heavy atom. The van der Waals surface area contributed by atoms with Gasteiger partial charge in [-0.25, -0.2) is 4.79 Å². The Balaban J connectivity index is 2.66. The zero-order chi connectivity index (χ0) is 7.40. The predicted octanol–water partition coefficient (Wildman–Crippen LogP) is 2.15. The molecule has 0 fully saturated rings. The lowest BCUT2D eigenvalue weighted by molar-refractivity contribution is 0.555. The predicted molar refractivity (Wildman–Crippen MR) is 42.8 cm³/mol. The van der Waals surface area contributed by atoms with Crippen molar-refractivity contribution in [2.24, 2.45) is 4.99 Å². The summed E-state index contributed by atoms with van der Waals surface area (Å²) in [6.45, 7) is 0. The molecule has 3 heteroatoms. The van der Waals surface area contributed by atoms with Crippen LogP contribution in [0.15, 0.2) is 15.6 Å². The number of hydrogen-bond donors (Lipinski definition) is 0. The molecular weight excluding hydrogens is 194 g/mol. The number of halogens is 1. The molecule has 1 rings (SSSR count). The maximum Gasteiger partial charge on any atom is 0.235 e. The summed E-state index contributed by atoms with van der Waals surface area (Å²) in [5.74, 6) is 0. The van der Waals surface area contributed by atoms with Gasteiger partial charge in [-0.15, -0.1) is 0 Å². The van der Waals surface area contributed by atoms with Gasteiger partial charge in [0, 0.05) is 4.48 Å². The fourth-order valence-corrected chi connectivity index (χ4v) is 1.58. The second-order valence-electron chi connectivity index (χ2n) is 2.26. The van der Waals surface area contributed by atoms with Crippen LogP contribution in [0.1, 0.15) is 19.3 Å². The van der Waals surface area contributed by atoms with E-state index in [-0.39, 0.29) is 6.04 Å². The summed E-state index contributed by atoms with van der Waals surface area (Å²) in [6, 6.07) is 0.0475. The second-order valence-corrected chi connectivity index (χ2v) is 3.17. The van der Waals surface area contributed by atoms with Crippen molar-refractivity contribution in [3.05, 3.63) is 10.6 Å². The first-order valence-electron chi connectivity index (χ1n) is 3.27. The van der Waals surface area contributed by atoms with Crippen LogP contribution in [0.2, 0.25) is 0 Å². The van der Waals surface area contributed by atoms with Crippen LogP contribution in [-0.4, -0.2) is 12.1 Å². The number of carbonyl (C=O) groups excluding carboxylic acids is 1. The third kappa shape index (κ3) is 1.79.